The van der Waals surface area contributed by atoms with E-state index in [4.69, 9.17) is 11.6 Å². The summed E-state index contributed by atoms with van der Waals surface area (Å²) >= 11 is 4.71. The van der Waals surface area contributed by atoms with Crippen molar-refractivity contribution in [2.45, 2.75) is 25.3 Å². The molecule has 24 heavy (non-hydrogen) atoms. The molecule has 0 radical (unpaired) electrons. The van der Waals surface area contributed by atoms with Gasteiger partial charge in [0.15, 0.2) is 10.7 Å². The van der Waals surface area contributed by atoms with Gasteiger partial charge in [0.1, 0.15) is 11.4 Å². The maximum atomic E-state index is 12.6. The molecule has 1 unspecified atom stereocenters. The van der Waals surface area contributed by atoms with E-state index in [1.165, 1.54) is 5.56 Å². The fourth-order valence-electron chi connectivity index (χ4n) is 2.40. The first-order valence-electron chi connectivity index (χ1n) is 7.54. The van der Waals surface area contributed by atoms with Gasteiger partial charge in [-0.15, -0.1) is 0 Å². The molecule has 0 fully saturated rings. The molecule has 0 aliphatic rings. The summed E-state index contributed by atoms with van der Waals surface area (Å²) in [6.07, 6.45) is 3.58. The van der Waals surface area contributed by atoms with Crippen LogP contribution < -0.4 is 4.72 Å². The normalized spacial score (nSPS) is 12.2. The summed E-state index contributed by atoms with van der Waals surface area (Å²) in [6, 6.07) is 13.8. The van der Waals surface area contributed by atoms with Gasteiger partial charge in [0.2, 0.25) is 0 Å². The lowest BCUT2D eigenvalue weighted by atomic mass is 10.2. The van der Waals surface area contributed by atoms with Crippen molar-refractivity contribution in [3.05, 3.63) is 76.7 Å². The van der Waals surface area contributed by atoms with Crippen LogP contribution in [0.3, 0.4) is 0 Å². The third-order valence-corrected chi connectivity index (χ3v) is 5.34. The lowest BCUT2D eigenvalue weighted by Gasteiger charge is -2.13. The molecule has 4 nitrogen and oxygen atoms in total. The number of aryl methyl sites for hydroxylation is 2. The van der Waals surface area contributed by atoms with E-state index in [2.05, 4.69) is 21.8 Å². The quantitative estimate of drug-likeness (QED) is 0.689. The molecule has 3 aromatic rings. The number of anilines is 1. The Labute approximate surface area is 149 Å². The number of halogens is 1. The van der Waals surface area contributed by atoms with Gasteiger partial charge in [-0.05, 0) is 31.0 Å². The maximum absolute atomic E-state index is 12.6. The molecule has 1 heterocycles. The Kier molecular flexibility index (Phi) is 5.14. The zero-order valence-corrected chi connectivity index (χ0v) is 15.1. The van der Waals surface area contributed by atoms with E-state index >= 15 is 0 Å². The summed E-state index contributed by atoms with van der Waals surface area (Å²) in [7, 11) is 0. The molecule has 1 atom stereocenters. The molecule has 0 saturated carbocycles. The smallest absolute Gasteiger partial charge is 0.188 e. The Morgan fingerprint density at radius 1 is 1.17 bits per heavy atom. The Balaban J connectivity index is 1.71. The zero-order chi connectivity index (χ0) is 17.1. The summed E-state index contributed by atoms with van der Waals surface area (Å²) in [6.45, 7) is 4.52. The lowest BCUT2D eigenvalue weighted by molar-refractivity contribution is 0.599. The highest BCUT2D eigenvalue weighted by molar-refractivity contribution is 7.92. The first-order chi connectivity index (χ1) is 11.5. The molecule has 0 amide bonds. The van der Waals surface area contributed by atoms with Crippen LogP contribution in [0.15, 0.2) is 59.9 Å². The number of nitrogens with zero attached hydrogens (tertiary/aromatic N) is 2. The number of benzene rings is 2. The highest BCUT2D eigenvalue weighted by Crippen LogP contribution is 2.25. The van der Waals surface area contributed by atoms with Gasteiger partial charge in [-0.1, -0.05) is 41.9 Å². The van der Waals surface area contributed by atoms with Crippen LogP contribution in [0.5, 0.6) is 0 Å². The third-order valence-electron chi connectivity index (χ3n) is 3.69. The minimum absolute atomic E-state index is 0.580. The summed E-state index contributed by atoms with van der Waals surface area (Å²) in [4.78, 5) is 5.00. The number of nitrogens with one attached hydrogen (secondary N) is 1. The van der Waals surface area contributed by atoms with Crippen LogP contribution in [0.1, 0.15) is 16.7 Å². The number of hydrogen-bond acceptors (Lipinski definition) is 3. The molecule has 0 spiro atoms. The second kappa shape index (κ2) is 7.30. The predicted molar refractivity (Wildman–Crippen MR) is 98.7 cm³/mol. The summed E-state index contributed by atoms with van der Waals surface area (Å²) in [5, 5.41) is 0.681. The van der Waals surface area contributed by atoms with E-state index in [0.717, 1.165) is 22.6 Å². The minimum atomic E-state index is -1.38. The molecule has 6 heteroatoms. The Morgan fingerprint density at radius 2 is 1.92 bits per heavy atom. The van der Waals surface area contributed by atoms with E-state index in [9.17, 15) is 4.55 Å². The molecular formula is C18H18ClN3OS. The standard InChI is InChI=1S/C18H18ClN3OS/c1-13-9-17(14(2)8-16(13)19)24(23)21-18-11-22(12-20-18)10-15-6-4-3-5-7-15/h3-9,11-12,21H,10H2,1-2H3. The Hall–Kier alpha value is -1.95. The van der Waals surface area contributed by atoms with Crippen LogP contribution in [0.4, 0.5) is 5.82 Å². The van der Waals surface area contributed by atoms with Crippen LogP contribution in [0.25, 0.3) is 0 Å². The van der Waals surface area contributed by atoms with Gasteiger partial charge >= 0.3 is 0 Å². The number of hydrogen-bond donors (Lipinski definition) is 1. The van der Waals surface area contributed by atoms with Crippen molar-refractivity contribution in [2.24, 2.45) is 0 Å². The molecule has 1 aromatic heterocycles. The minimum Gasteiger partial charge on any atom is -0.588 e. The van der Waals surface area contributed by atoms with Crippen LogP contribution in [0, 0.1) is 13.8 Å². The van der Waals surface area contributed by atoms with E-state index in [1.54, 1.807) is 6.33 Å². The second-order valence-electron chi connectivity index (χ2n) is 5.65. The van der Waals surface area contributed by atoms with Crippen molar-refractivity contribution in [1.29, 1.82) is 0 Å². The van der Waals surface area contributed by atoms with Gasteiger partial charge in [0.05, 0.1) is 12.5 Å². The Bertz CT molecular complexity index is 836. The first-order valence-corrected chi connectivity index (χ1v) is 9.06. The maximum Gasteiger partial charge on any atom is 0.188 e. The van der Waals surface area contributed by atoms with Gasteiger partial charge < -0.3 is 9.12 Å². The summed E-state index contributed by atoms with van der Waals surface area (Å²) in [5.41, 5.74) is 2.98. The van der Waals surface area contributed by atoms with E-state index in [-0.39, 0.29) is 0 Å². The molecule has 0 bridgehead atoms. The van der Waals surface area contributed by atoms with Crippen molar-refractivity contribution < 1.29 is 4.55 Å². The number of imidazole rings is 1. The molecular weight excluding hydrogens is 342 g/mol. The topological polar surface area (TPSA) is 52.9 Å². The highest BCUT2D eigenvalue weighted by atomic mass is 35.5. The van der Waals surface area contributed by atoms with Crippen LogP contribution in [-0.4, -0.2) is 14.1 Å². The van der Waals surface area contributed by atoms with Crippen molar-refractivity contribution in [3.8, 4) is 0 Å². The lowest BCUT2D eigenvalue weighted by Crippen LogP contribution is -2.15. The highest BCUT2D eigenvalue weighted by Gasteiger charge is 2.18. The summed E-state index contributed by atoms with van der Waals surface area (Å²) in [5.74, 6) is 0.580. The zero-order valence-electron chi connectivity index (χ0n) is 13.5. The average molecular weight is 360 g/mol. The van der Waals surface area contributed by atoms with Crippen molar-refractivity contribution in [3.63, 3.8) is 0 Å². The molecule has 0 saturated heterocycles. The van der Waals surface area contributed by atoms with Gasteiger partial charge in [-0.2, -0.15) is 4.72 Å². The predicted octanol–water partition coefficient (Wildman–Crippen LogP) is 4.34. The van der Waals surface area contributed by atoms with Crippen LogP contribution in [0.2, 0.25) is 5.02 Å². The molecule has 1 N–H and O–H groups in total. The molecule has 2 aromatic carbocycles. The van der Waals surface area contributed by atoms with Crippen LogP contribution in [-0.2, 0) is 17.9 Å². The van der Waals surface area contributed by atoms with Crippen LogP contribution >= 0.6 is 11.6 Å². The molecule has 0 aliphatic carbocycles. The first kappa shape index (κ1) is 16.9. The van der Waals surface area contributed by atoms with Gasteiger partial charge in [0.25, 0.3) is 0 Å². The van der Waals surface area contributed by atoms with Gasteiger partial charge in [-0.25, -0.2) is 4.98 Å². The van der Waals surface area contributed by atoms with Crippen molar-refractivity contribution in [2.75, 3.05) is 4.72 Å². The molecule has 124 valence electrons. The van der Waals surface area contributed by atoms with E-state index < -0.39 is 11.4 Å². The number of rotatable bonds is 5. The fourth-order valence-corrected chi connectivity index (χ4v) is 3.66. The molecule has 0 aliphatic heterocycles. The summed E-state index contributed by atoms with van der Waals surface area (Å²) < 4.78 is 17.5. The fraction of sp³-hybridized carbons (Fsp3) is 0.167. The average Bonchev–Trinajstić information content (AvgIpc) is 2.98. The SMILES string of the molecule is Cc1cc([S+]([O-])Nc2cn(Cc3ccccc3)cn2)c(C)cc1Cl. The van der Waals surface area contributed by atoms with Gasteiger partial charge in [0, 0.05) is 23.2 Å². The van der Waals surface area contributed by atoms with Gasteiger partial charge in [-0.3, -0.25) is 0 Å². The van der Waals surface area contributed by atoms with Crippen molar-refractivity contribution >= 4 is 28.8 Å². The Morgan fingerprint density at radius 3 is 2.67 bits per heavy atom. The molecule has 3 rings (SSSR count). The van der Waals surface area contributed by atoms with E-state index in [0.29, 0.717) is 10.8 Å². The number of aromatic nitrogens is 2. The van der Waals surface area contributed by atoms with Crippen molar-refractivity contribution in [1.82, 2.24) is 9.55 Å². The monoisotopic (exact) mass is 359 g/mol. The third kappa shape index (κ3) is 3.93. The van der Waals surface area contributed by atoms with E-state index in [1.807, 2.05) is 54.9 Å². The second-order valence-corrected chi connectivity index (χ2v) is 7.24. The largest absolute Gasteiger partial charge is 0.588 e.